The minimum Gasteiger partial charge on any atom is -0.456 e. The SMILES string of the molecule is CC(=O)O[C@H](C(C)(C)O)C1(C)C[C@@H](C)C2[C@H](O1)[C@H](O)[C@@]1(C)[C@@H]3CC[C@H]4C(C)(C)[C@@H](O[C@H]5CN(CC(C)(C)O)CCO5)CC[C@@]45C[C@@]35CC[C@]21C. The molecule has 2 aliphatic heterocycles. The maximum Gasteiger partial charge on any atom is 0.303 e. The third-order valence-electron chi connectivity index (χ3n) is 16.5. The van der Waals surface area contributed by atoms with E-state index in [0.717, 1.165) is 32.2 Å². The number of hydrogen-bond acceptors (Lipinski definition) is 9. The van der Waals surface area contributed by atoms with Crippen LogP contribution in [-0.2, 0) is 23.7 Å². The van der Waals surface area contributed by atoms with Crippen molar-refractivity contribution < 1.29 is 39.1 Å². The molecule has 9 nitrogen and oxygen atoms in total. The van der Waals surface area contributed by atoms with Gasteiger partial charge in [-0.2, -0.15) is 0 Å². The van der Waals surface area contributed by atoms with Crippen LogP contribution in [0.15, 0.2) is 0 Å². The molecule has 0 amide bonds. The predicted molar refractivity (Wildman–Crippen MR) is 190 cm³/mol. The second-order valence-electron chi connectivity index (χ2n) is 20.9. The number of aliphatic hydroxyl groups is 3. The molecule has 50 heavy (non-hydrogen) atoms. The Balaban J connectivity index is 1.12. The lowest BCUT2D eigenvalue weighted by molar-refractivity contribution is -0.258. The summed E-state index contributed by atoms with van der Waals surface area (Å²) in [6.45, 7) is 25.2. The highest BCUT2D eigenvalue weighted by Crippen LogP contribution is 2.89. The molecule has 2 spiro atoms. The first-order valence-corrected chi connectivity index (χ1v) is 19.9. The second kappa shape index (κ2) is 11.6. The number of aliphatic hydroxyl groups excluding tert-OH is 1. The van der Waals surface area contributed by atoms with Crippen molar-refractivity contribution in [2.75, 3.05) is 26.2 Å². The minimum absolute atomic E-state index is 0.000796. The Morgan fingerprint density at radius 1 is 0.980 bits per heavy atom. The van der Waals surface area contributed by atoms with Gasteiger partial charge < -0.3 is 34.3 Å². The van der Waals surface area contributed by atoms with E-state index in [2.05, 4.69) is 39.5 Å². The van der Waals surface area contributed by atoms with Gasteiger partial charge in [0.1, 0.15) is 5.60 Å². The quantitative estimate of drug-likeness (QED) is 0.287. The van der Waals surface area contributed by atoms with Crippen LogP contribution in [0, 0.1) is 50.7 Å². The molecule has 5 aliphatic carbocycles. The molecule has 286 valence electrons. The molecular weight excluding hydrogens is 634 g/mol. The van der Waals surface area contributed by atoms with Gasteiger partial charge in [0.25, 0.3) is 0 Å². The summed E-state index contributed by atoms with van der Waals surface area (Å²) < 4.78 is 25.9. The highest BCUT2D eigenvalue weighted by molar-refractivity contribution is 5.66. The van der Waals surface area contributed by atoms with Crippen LogP contribution in [0.25, 0.3) is 0 Å². The standard InChI is InChI=1S/C41H69NO8/c1-24-20-38(10,33(36(7,8)46)48-25(2)43)50-31-30(24)37(9)16-17-41-22-40(41)15-14-28(49-29-21-42(18-19-47-29)23-34(3,4)45)35(5,6)26(40)12-13-27(41)39(37,11)32(31)44/h24,26-33,44-46H,12-23H2,1-11H3/t24-,26+,27+,28+,29+,30?,31+,32+,33-,37-,38?,39-,40-,41+/m1/s1. The lowest BCUT2D eigenvalue weighted by atomic mass is 9.41. The number of rotatable bonds is 7. The number of hydrogen-bond donors (Lipinski definition) is 3. The number of β-amino-alcohol motifs (C(OH)–C–C–N with tert-alkyl or cyclic N) is 1. The predicted octanol–water partition coefficient (Wildman–Crippen LogP) is 5.71. The van der Waals surface area contributed by atoms with Crippen LogP contribution in [0.1, 0.15) is 128 Å². The van der Waals surface area contributed by atoms with Gasteiger partial charge in [-0.15, -0.1) is 0 Å². The van der Waals surface area contributed by atoms with Crippen molar-refractivity contribution in [3.63, 3.8) is 0 Å². The first kappa shape index (κ1) is 37.5. The number of carbonyl (C=O) groups excluding carboxylic acids is 1. The van der Waals surface area contributed by atoms with Crippen molar-refractivity contribution in [1.82, 2.24) is 4.90 Å². The van der Waals surface area contributed by atoms with Gasteiger partial charge in [0.2, 0.25) is 0 Å². The van der Waals surface area contributed by atoms with E-state index in [1.165, 1.54) is 26.2 Å². The number of carbonyl (C=O) groups is 1. The molecule has 2 saturated heterocycles. The third-order valence-corrected chi connectivity index (χ3v) is 16.5. The fourth-order valence-corrected chi connectivity index (χ4v) is 14.9. The smallest absolute Gasteiger partial charge is 0.303 e. The molecule has 0 aromatic rings. The van der Waals surface area contributed by atoms with Gasteiger partial charge in [-0.3, -0.25) is 9.69 Å². The molecular formula is C41H69NO8. The van der Waals surface area contributed by atoms with Crippen LogP contribution in [0.2, 0.25) is 0 Å². The molecule has 7 aliphatic rings. The lowest BCUT2D eigenvalue weighted by Crippen LogP contribution is -2.62. The van der Waals surface area contributed by atoms with Crippen molar-refractivity contribution >= 4 is 5.97 Å². The van der Waals surface area contributed by atoms with Crippen LogP contribution in [0.4, 0.5) is 0 Å². The molecule has 0 aromatic carbocycles. The summed E-state index contributed by atoms with van der Waals surface area (Å²) >= 11 is 0. The number of esters is 1. The summed E-state index contributed by atoms with van der Waals surface area (Å²) in [4.78, 5) is 14.5. The normalized spacial score (nSPS) is 50.6. The van der Waals surface area contributed by atoms with Crippen LogP contribution in [0.3, 0.4) is 0 Å². The number of nitrogens with zero attached hydrogens (tertiary/aromatic N) is 1. The van der Waals surface area contributed by atoms with Crippen LogP contribution < -0.4 is 0 Å². The number of morpholine rings is 1. The zero-order valence-electron chi connectivity index (χ0n) is 33.0. The van der Waals surface area contributed by atoms with Gasteiger partial charge in [0.15, 0.2) is 12.4 Å². The largest absolute Gasteiger partial charge is 0.456 e. The van der Waals surface area contributed by atoms with Gasteiger partial charge in [-0.05, 0) is 131 Å². The van der Waals surface area contributed by atoms with E-state index in [1.807, 2.05) is 20.8 Å². The van der Waals surface area contributed by atoms with Crippen molar-refractivity contribution in [3.05, 3.63) is 0 Å². The summed E-state index contributed by atoms with van der Waals surface area (Å²) in [5, 5.41) is 34.3. The van der Waals surface area contributed by atoms with Gasteiger partial charge >= 0.3 is 5.97 Å². The van der Waals surface area contributed by atoms with Gasteiger partial charge in [-0.25, -0.2) is 0 Å². The van der Waals surface area contributed by atoms with Crippen LogP contribution in [0.5, 0.6) is 0 Å². The van der Waals surface area contributed by atoms with E-state index in [9.17, 15) is 20.1 Å². The third kappa shape index (κ3) is 5.27. The van der Waals surface area contributed by atoms with Gasteiger partial charge in [-0.1, -0.05) is 34.6 Å². The zero-order valence-corrected chi connectivity index (χ0v) is 33.0. The molecule has 2 heterocycles. The van der Waals surface area contributed by atoms with E-state index in [0.29, 0.717) is 38.0 Å². The molecule has 2 unspecified atom stereocenters. The minimum atomic E-state index is -1.30. The topological polar surface area (TPSA) is 118 Å². The maximum atomic E-state index is 12.7. The first-order valence-electron chi connectivity index (χ1n) is 19.9. The second-order valence-corrected chi connectivity index (χ2v) is 20.9. The van der Waals surface area contributed by atoms with E-state index >= 15 is 0 Å². The van der Waals surface area contributed by atoms with Gasteiger partial charge in [0, 0.05) is 32.0 Å². The Labute approximate surface area is 301 Å². The van der Waals surface area contributed by atoms with Crippen molar-refractivity contribution in [3.8, 4) is 0 Å². The van der Waals surface area contributed by atoms with E-state index < -0.39 is 35.0 Å². The fourth-order valence-electron chi connectivity index (χ4n) is 14.9. The highest BCUT2D eigenvalue weighted by atomic mass is 16.7. The van der Waals surface area contributed by atoms with Crippen molar-refractivity contribution in [2.24, 2.45) is 50.7 Å². The van der Waals surface area contributed by atoms with E-state index in [-0.39, 0.29) is 57.4 Å². The molecule has 0 radical (unpaired) electrons. The average Bonchev–Trinajstić information content (AvgIpc) is 3.61. The molecule has 9 heteroatoms. The summed E-state index contributed by atoms with van der Waals surface area (Å²) in [6.07, 6.45) is 6.63. The van der Waals surface area contributed by atoms with Gasteiger partial charge in [0.05, 0.1) is 36.1 Å². The van der Waals surface area contributed by atoms with E-state index in [1.54, 1.807) is 13.8 Å². The Morgan fingerprint density at radius 2 is 1.64 bits per heavy atom. The Bertz CT molecular complexity index is 1340. The number of ether oxygens (including phenoxy) is 4. The van der Waals surface area contributed by atoms with Crippen LogP contribution in [-0.4, -0.2) is 99.9 Å². The summed E-state index contributed by atoms with van der Waals surface area (Å²) in [7, 11) is 0. The Hall–Kier alpha value is -0.810. The number of fused-ring (bicyclic) bond motifs is 4. The maximum absolute atomic E-state index is 12.7. The molecule has 0 bridgehead atoms. The van der Waals surface area contributed by atoms with E-state index in [4.69, 9.17) is 18.9 Å². The lowest BCUT2D eigenvalue weighted by Gasteiger charge is -2.64. The monoisotopic (exact) mass is 704 g/mol. The Kier molecular flexibility index (Phi) is 8.70. The highest BCUT2D eigenvalue weighted by Gasteiger charge is 2.85. The Morgan fingerprint density at radius 3 is 2.28 bits per heavy atom. The molecule has 7 rings (SSSR count). The van der Waals surface area contributed by atoms with Crippen molar-refractivity contribution in [1.29, 1.82) is 0 Å². The van der Waals surface area contributed by atoms with Crippen LogP contribution >= 0.6 is 0 Å². The molecule has 14 atom stereocenters. The summed E-state index contributed by atoms with van der Waals surface area (Å²) in [5.74, 6) is 0.955. The first-order chi connectivity index (χ1) is 23.0. The molecule has 7 fully saturated rings. The fraction of sp³-hybridized carbons (Fsp3) is 0.976. The molecule has 5 saturated carbocycles. The zero-order chi connectivity index (χ0) is 36.7. The van der Waals surface area contributed by atoms with Crippen molar-refractivity contribution in [2.45, 2.75) is 175 Å². The molecule has 0 aromatic heterocycles. The average molecular weight is 704 g/mol. The summed E-state index contributed by atoms with van der Waals surface area (Å²) in [5.41, 5.74) is -2.85. The molecule has 3 N–H and O–H groups in total. The summed E-state index contributed by atoms with van der Waals surface area (Å²) in [6, 6.07) is 0.